The third-order valence-electron chi connectivity index (χ3n) is 3.05. The molecule has 1 aliphatic heterocycles. The lowest BCUT2D eigenvalue weighted by Crippen LogP contribution is -2.27. The van der Waals surface area contributed by atoms with Crippen LogP contribution in [0.3, 0.4) is 0 Å². The predicted molar refractivity (Wildman–Crippen MR) is 83.0 cm³/mol. The van der Waals surface area contributed by atoms with Crippen LogP contribution in [0.5, 0.6) is 5.75 Å². The number of hydrogen-bond acceptors (Lipinski definition) is 4. The number of aromatic hydroxyl groups is 1. The molecule has 110 valence electrons. The SMILES string of the molecule is O=C1S/C(=C\c2cccc(O)c2)C(=O)N1c1ccc(F)cc1. The van der Waals surface area contributed by atoms with Crippen LogP contribution in [0.4, 0.5) is 14.9 Å². The number of thioether (sulfide) groups is 1. The molecule has 0 unspecified atom stereocenters. The number of rotatable bonds is 2. The van der Waals surface area contributed by atoms with E-state index >= 15 is 0 Å². The number of amides is 2. The molecule has 0 aliphatic carbocycles. The topological polar surface area (TPSA) is 57.6 Å². The first-order chi connectivity index (χ1) is 10.5. The Morgan fingerprint density at radius 1 is 1.09 bits per heavy atom. The number of anilines is 1. The average Bonchev–Trinajstić information content (AvgIpc) is 2.75. The van der Waals surface area contributed by atoms with Crippen LogP contribution in [-0.2, 0) is 4.79 Å². The molecule has 4 nitrogen and oxygen atoms in total. The van der Waals surface area contributed by atoms with E-state index in [0.29, 0.717) is 11.3 Å². The largest absolute Gasteiger partial charge is 0.508 e. The molecule has 1 N–H and O–H groups in total. The second-order valence-corrected chi connectivity index (χ2v) is 5.58. The zero-order valence-electron chi connectivity index (χ0n) is 11.2. The summed E-state index contributed by atoms with van der Waals surface area (Å²) in [6.45, 7) is 0. The Bertz CT molecular complexity index is 786. The van der Waals surface area contributed by atoms with Gasteiger partial charge in [0.25, 0.3) is 11.1 Å². The number of phenols is 1. The van der Waals surface area contributed by atoms with Gasteiger partial charge in [-0.2, -0.15) is 0 Å². The number of nitrogens with zero attached hydrogens (tertiary/aromatic N) is 1. The van der Waals surface area contributed by atoms with Gasteiger partial charge in [-0.15, -0.1) is 0 Å². The highest BCUT2D eigenvalue weighted by molar-refractivity contribution is 8.19. The second-order valence-electron chi connectivity index (χ2n) is 4.59. The van der Waals surface area contributed by atoms with Gasteiger partial charge in [0, 0.05) is 0 Å². The molecule has 2 aromatic carbocycles. The lowest BCUT2D eigenvalue weighted by molar-refractivity contribution is -0.113. The Morgan fingerprint density at radius 2 is 1.82 bits per heavy atom. The monoisotopic (exact) mass is 315 g/mol. The first-order valence-electron chi connectivity index (χ1n) is 6.37. The summed E-state index contributed by atoms with van der Waals surface area (Å²) < 4.78 is 12.9. The van der Waals surface area contributed by atoms with Crippen LogP contribution in [0.25, 0.3) is 6.08 Å². The molecule has 1 heterocycles. The Hall–Kier alpha value is -2.60. The molecule has 0 aromatic heterocycles. The lowest BCUT2D eigenvalue weighted by Gasteiger charge is -2.11. The van der Waals surface area contributed by atoms with Crippen LogP contribution in [0.15, 0.2) is 53.4 Å². The number of carbonyl (C=O) groups excluding carboxylic acids is 2. The summed E-state index contributed by atoms with van der Waals surface area (Å²) in [5.74, 6) is -0.831. The Balaban J connectivity index is 1.93. The molecule has 0 radical (unpaired) electrons. The Labute approximate surface area is 129 Å². The minimum Gasteiger partial charge on any atom is -0.508 e. The van der Waals surface area contributed by atoms with Crippen LogP contribution in [-0.4, -0.2) is 16.3 Å². The van der Waals surface area contributed by atoms with Gasteiger partial charge in [-0.25, -0.2) is 9.29 Å². The minimum absolute atomic E-state index is 0.0755. The number of phenolic OH excluding ortho intramolecular Hbond substituents is 1. The van der Waals surface area contributed by atoms with Crippen molar-refractivity contribution in [3.05, 3.63) is 64.8 Å². The van der Waals surface area contributed by atoms with Gasteiger partial charge in [0.2, 0.25) is 0 Å². The second kappa shape index (κ2) is 5.65. The first kappa shape index (κ1) is 14.3. The van der Waals surface area contributed by atoms with Crippen molar-refractivity contribution in [3.63, 3.8) is 0 Å². The average molecular weight is 315 g/mol. The number of imide groups is 1. The molecule has 0 spiro atoms. The summed E-state index contributed by atoms with van der Waals surface area (Å²) in [5.41, 5.74) is 0.938. The Morgan fingerprint density at radius 3 is 2.50 bits per heavy atom. The van der Waals surface area contributed by atoms with Gasteiger partial charge in [-0.05, 0) is 59.8 Å². The molecule has 2 amide bonds. The number of carbonyl (C=O) groups is 2. The van der Waals surface area contributed by atoms with E-state index in [1.807, 2.05) is 0 Å². The molecule has 6 heteroatoms. The van der Waals surface area contributed by atoms with Crippen LogP contribution in [0, 0.1) is 5.82 Å². The molecule has 2 aromatic rings. The van der Waals surface area contributed by atoms with E-state index in [4.69, 9.17) is 0 Å². The molecular weight excluding hydrogens is 305 g/mol. The Kier molecular flexibility index (Phi) is 3.68. The summed E-state index contributed by atoms with van der Waals surface area (Å²) in [5, 5.41) is 8.99. The minimum atomic E-state index is -0.468. The predicted octanol–water partition coefficient (Wildman–Crippen LogP) is 3.77. The summed E-state index contributed by atoms with van der Waals surface area (Å²) in [7, 11) is 0. The molecule has 22 heavy (non-hydrogen) atoms. The smallest absolute Gasteiger partial charge is 0.298 e. The highest BCUT2D eigenvalue weighted by Crippen LogP contribution is 2.35. The van der Waals surface area contributed by atoms with Crippen LogP contribution >= 0.6 is 11.8 Å². The number of halogens is 1. The van der Waals surface area contributed by atoms with Crippen molar-refractivity contribution in [2.75, 3.05) is 4.90 Å². The molecule has 1 fully saturated rings. The fourth-order valence-electron chi connectivity index (χ4n) is 2.05. The zero-order chi connectivity index (χ0) is 15.7. The van der Waals surface area contributed by atoms with E-state index in [-0.39, 0.29) is 10.7 Å². The van der Waals surface area contributed by atoms with Gasteiger partial charge >= 0.3 is 0 Å². The molecule has 3 rings (SSSR count). The number of benzene rings is 2. The van der Waals surface area contributed by atoms with Crippen molar-refractivity contribution in [1.82, 2.24) is 0 Å². The summed E-state index contributed by atoms with van der Waals surface area (Å²) >= 11 is 0.805. The maximum atomic E-state index is 12.9. The van der Waals surface area contributed by atoms with E-state index in [1.54, 1.807) is 12.1 Å². The molecular formula is C16H10FNO3S. The van der Waals surface area contributed by atoms with E-state index in [1.165, 1.54) is 42.5 Å². The van der Waals surface area contributed by atoms with Gasteiger partial charge in [-0.3, -0.25) is 9.59 Å². The van der Waals surface area contributed by atoms with E-state index in [9.17, 15) is 19.1 Å². The van der Waals surface area contributed by atoms with Crippen LogP contribution in [0.1, 0.15) is 5.56 Å². The van der Waals surface area contributed by atoms with Crippen molar-refractivity contribution < 1.29 is 19.1 Å². The summed E-state index contributed by atoms with van der Waals surface area (Å²) in [4.78, 5) is 25.6. The van der Waals surface area contributed by atoms with Crippen molar-refractivity contribution in [3.8, 4) is 5.75 Å². The zero-order valence-corrected chi connectivity index (χ0v) is 12.0. The van der Waals surface area contributed by atoms with Crippen molar-refractivity contribution in [1.29, 1.82) is 0 Å². The highest BCUT2D eigenvalue weighted by Gasteiger charge is 2.36. The summed E-state index contributed by atoms with van der Waals surface area (Å²) in [6.07, 6.45) is 1.54. The molecule has 0 bridgehead atoms. The van der Waals surface area contributed by atoms with Crippen LogP contribution < -0.4 is 4.90 Å². The fourth-order valence-corrected chi connectivity index (χ4v) is 2.89. The first-order valence-corrected chi connectivity index (χ1v) is 7.19. The normalized spacial score (nSPS) is 16.6. The van der Waals surface area contributed by atoms with E-state index in [0.717, 1.165) is 16.7 Å². The van der Waals surface area contributed by atoms with Crippen molar-refractivity contribution in [2.24, 2.45) is 0 Å². The third-order valence-corrected chi connectivity index (χ3v) is 3.92. The van der Waals surface area contributed by atoms with Crippen molar-refractivity contribution in [2.45, 2.75) is 0 Å². The molecule has 0 atom stereocenters. The van der Waals surface area contributed by atoms with Gasteiger partial charge < -0.3 is 5.11 Å². The molecule has 0 saturated carbocycles. The highest BCUT2D eigenvalue weighted by atomic mass is 32.2. The van der Waals surface area contributed by atoms with Gasteiger partial charge in [0.15, 0.2) is 0 Å². The standard InChI is InChI=1S/C16H10FNO3S/c17-11-4-6-12(7-5-11)18-15(20)14(22-16(18)21)9-10-2-1-3-13(19)8-10/h1-9,19H/b14-9-. The molecule has 1 aliphatic rings. The van der Waals surface area contributed by atoms with Gasteiger partial charge in [-0.1, -0.05) is 12.1 Å². The van der Waals surface area contributed by atoms with E-state index < -0.39 is 17.0 Å². The third kappa shape index (κ3) is 2.73. The fraction of sp³-hybridized carbons (Fsp3) is 0. The lowest BCUT2D eigenvalue weighted by atomic mass is 10.2. The van der Waals surface area contributed by atoms with Gasteiger partial charge in [0.1, 0.15) is 11.6 Å². The van der Waals surface area contributed by atoms with Crippen LogP contribution in [0.2, 0.25) is 0 Å². The quantitative estimate of drug-likeness (QED) is 0.857. The molecule has 1 saturated heterocycles. The van der Waals surface area contributed by atoms with Gasteiger partial charge in [0.05, 0.1) is 10.6 Å². The maximum Gasteiger partial charge on any atom is 0.298 e. The summed E-state index contributed by atoms with van der Waals surface area (Å²) in [6, 6.07) is 11.5. The van der Waals surface area contributed by atoms with Crippen molar-refractivity contribution >= 4 is 34.7 Å². The maximum absolute atomic E-state index is 12.9. The number of hydrogen-bond donors (Lipinski definition) is 1. The van der Waals surface area contributed by atoms with E-state index in [2.05, 4.69) is 0 Å².